The van der Waals surface area contributed by atoms with Crippen molar-refractivity contribution in [1.82, 2.24) is 0 Å². The molecule has 6 heteroatoms. The van der Waals surface area contributed by atoms with Crippen LogP contribution in [-0.4, -0.2) is 30.3 Å². The summed E-state index contributed by atoms with van der Waals surface area (Å²) in [6, 6.07) is 4.03. The van der Waals surface area contributed by atoms with Crippen LogP contribution in [-0.2, 0) is 9.53 Å². The maximum atomic E-state index is 11.3. The summed E-state index contributed by atoms with van der Waals surface area (Å²) >= 11 is 5.84. The average molecular weight is 287 g/mol. The first-order chi connectivity index (χ1) is 9.04. The summed E-state index contributed by atoms with van der Waals surface area (Å²) in [5, 5.41) is 8.91. The maximum absolute atomic E-state index is 11.3. The van der Waals surface area contributed by atoms with Crippen LogP contribution in [0, 0.1) is 0 Å². The number of aromatic carboxylic acids is 1. The maximum Gasteiger partial charge on any atom is 0.344 e. The minimum absolute atomic E-state index is 0.0582. The molecule has 104 valence electrons. The number of unbranched alkanes of at least 4 members (excludes halogenated alkanes) is 1. The topological polar surface area (TPSA) is 72.8 Å². The molecule has 1 N–H and O–H groups in total. The molecule has 0 unspecified atom stereocenters. The van der Waals surface area contributed by atoms with Crippen LogP contribution in [0.4, 0.5) is 0 Å². The molecule has 0 heterocycles. The minimum Gasteiger partial charge on any atom is -0.480 e. The van der Waals surface area contributed by atoms with Crippen molar-refractivity contribution < 1.29 is 24.2 Å². The number of hydrogen-bond donors (Lipinski definition) is 1. The van der Waals surface area contributed by atoms with Gasteiger partial charge in [0.2, 0.25) is 0 Å². The molecule has 1 rings (SSSR count). The van der Waals surface area contributed by atoms with Crippen LogP contribution in [0.3, 0.4) is 0 Å². The Kier molecular flexibility index (Phi) is 6.15. The molecule has 0 radical (unpaired) electrons. The number of halogens is 1. The average Bonchev–Trinajstić information content (AvgIpc) is 2.37. The summed E-state index contributed by atoms with van der Waals surface area (Å²) in [6.07, 6.45) is 1.75. The van der Waals surface area contributed by atoms with E-state index in [4.69, 9.17) is 26.2 Å². The van der Waals surface area contributed by atoms with E-state index in [1.54, 1.807) is 0 Å². The van der Waals surface area contributed by atoms with Gasteiger partial charge in [-0.15, -0.1) is 0 Å². The zero-order valence-corrected chi connectivity index (χ0v) is 11.3. The van der Waals surface area contributed by atoms with E-state index < -0.39 is 11.9 Å². The number of carbonyl (C=O) groups is 2. The molecule has 5 nitrogen and oxygen atoms in total. The van der Waals surface area contributed by atoms with Gasteiger partial charge in [0, 0.05) is 0 Å². The van der Waals surface area contributed by atoms with Gasteiger partial charge in [0.15, 0.2) is 6.61 Å². The molecule has 0 saturated heterocycles. The lowest BCUT2D eigenvalue weighted by atomic mass is 10.2. The number of hydrogen-bond acceptors (Lipinski definition) is 4. The zero-order chi connectivity index (χ0) is 14.3. The summed E-state index contributed by atoms with van der Waals surface area (Å²) < 4.78 is 10.1. The SMILES string of the molecule is CCCCOC(=O)COc1ccc(C(=O)O)cc1Cl. The van der Waals surface area contributed by atoms with E-state index in [9.17, 15) is 9.59 Å². The van der Waals surface area contributed by atoms with Gasteiger partial charge >= 0.3 is 11.9 Å². The van der Waals surface area contributed by atoms with Crippen LogP contribution in [0.1, 0.15) is 30.1 Å². The Labute approximate surface area is 116 Å². The standard InChI is InChI=1S/C13H15ClO5/c1-2-3-6-18-12(15)8-19-11-5-4-9(13(16)17)7-10(11)14/h4-5,7H,2-3,6,8H2,1H3,(H,16,17). The van der Waals surface area contributed by atoms with Crippen molar-refractivity contribution >= 4 is 23.5 Å². The molecule has 0 aliphatic carbocycles. The Morgan fingerprint density at radius 3 is 2.68 bits per heavy atom. The van der Waals surface area contributed by atoms with Crippen molar-refractivity contribution in [3.05, 3.63) is 28.8 Å². The van der Waals surface area contributed by atoms with Gasteiger partial charge in [0.1, 0.15) is 5.75 Å². The number of ether oxygens (including phenoxy) is 2. The lowest BCUT2D eigenvalue weighted by Crippen LogP contribution is -2.15. The van der Waals surface area contributed by atoms with E-state index in [1.165, 1.54) is 18.2 Å². The van der Waals surface area contributed by atoms with Crippen molar-refractivity contribution in [3.8, 4) is 5.75 Å². The minimum atomic E-state index is -1.08. The number of benzene rings is 1. The van der Waals surface area contributed by atoms with Crippen molar-refractivity contribution in [3.63, 3.8) is 0 Å². The highest BCUT2D eigenvalue weighted by Crippen LogP contribution is 2.25. The van der Waals surface area contributed by atoms with Crippen molar-refractivity contribution in [1.29, 1.82) is 0 Å². The van der Waals surface area contributed by atoms with E-state index >= 15 is 0 Å². The molecule has 0 bridgehead atoms. The fraction of sp³-hybridized carbons (Fsp3) is 0.385. The Morgan fingerprint density at radius 1 is 1.37 bits per heavy atom. The summed E-state index contributed by atoms with van der Waals surface area (Å²) in [4.78, 5) is 22.0. The quantitative estimate of drug-likeness (QED) is 0.616. The first kappa shape index (κ1) is 15.3. The first-order valence-corrected chi connectivity index (χ1v) is 6.23. The lowest BCUT2D eigenvalue weighted by molar-refractivity contribution is -0.146. The molecule has 1 aromatic rings. The molecule has 0 fully saturated rings. The third kappa shape index (κ3) is 5.18. The van der Waals surface area contributed by atoms with Crippen molar-refractivity contribution in [2.24, 2.45) is 0 Å². The van der Waals surface area contributed by atoms with E-state index in [0.29, 0.717) is 6.61 Å². The second-order valence-corrected chi connectivity index (χ2v) is 4.22. The Morgan fingerprint density at radius 2 is 2.11 bits per heavy atom. The number of carboxylic acids is 1. The van der Waals surface area contributed by atoms with Crippen LogP contribution < -0.4 is 4.74 Å². The van der Waals surface area contributed by atoms with Gasteiger partial charge < -0.3 is 14.6 Å². The van der Waals surface area contributed by atoms with Crippen LogP contribution in [0.2, 0.25) is 5.02 Å². The van der Waals surface area contributed by atoms with Gasteiger partial charge in [0.25, 0.3) is 0 Å². The normalized spacial score (nSPS) is 10.0. The second-order valence-electron chi connectivity index (χ2n) is 3.81. The van der Waals surface area contributed by atoms with E-state index in [0.717, 1.165) is 12.8 Å². The Balaban J connectivity index is 2.49. The molecule has 0 aliphatic rings. The smallest absolute Gasteiger partial charge is 0.344 e. The van der Waals surface area contributed by atoms with Crippen LogP contribution in [0.5, 0.6) is 5.75 Å². The molecule has 0 spiro atoms. The van der Waals surface area contributed by atoms with Crippen LogP contribution >= 0.6 is 11.6 Å². The predicted octanol–water partition coefficient (Wildman–Crippen LogP) is 2.76. The molecule has 0 atom stereocenters. The molecular weight excluding hydrogens is 272 g/mol. The summed E-state index contributed by atoms with van der Waals surface area (Å²) in [6.45, 7) is 2.11. The third-order valence-corrected chi connectivity index (χ3v) is 2.58. The summed E-state index contributed by atoms with van der Waals surface area (Å²) in [5.41, 5.74) is 0.0582. The lowest BCUT2D eigenvalue weighted by Gasteiger charge is -2.08. The highest BCUT2D eigenvalue weighted by atomic mass is 35.5. The zero-order valence-electron chi connectivity index (χ0n) is 10.5. The second kappa shape index (κ2) is 7.63. The number of rotatable bonds is 7. The molecule has 1 aromatic carbocycles. The van der Waals surface area contributed by atoms with Gasteiger partial charge in [0.05, 0.1) is 17.2 Å². The van der Waals surface area contributed by atoms with Crippen LogP contribution in [0.15, 0.2) is 18.2 Å². The number of carbonyl (C=O) groups excluding carboxylic acids is 1. The van der Waals surface area contributed by atoms with E-state index in [-0.39, 0.29) is 22.9 Å². The highest BCUT2D eigenvalue weighted by Gasteiger charge is 2.10. The third-order valence-electron chi connectivity index (χ3n) is 2.29. The van der Waals surface area contributed by atoms with Gasteiger partial charge in [-0.2, -0.15) is 0 Å². The predicted molar refractivity (Wildman–Crippen MR) is 69.8 cm³/mol. The summed E-state index contributed by atoms with van der Waals surface area (Å²) in [7, 11) is 0. The fourth-order valence-electron chi connectivity index (χ4n) is 1.26. The van der Waals surface area contributed by atoms with Gasteiger partial charge in [-0.25, -0.2) is 9.59 Å². The summed E-state index contributed by atoms with van der Waals surface area (Å²) in [5.74, 6) is -1.31. The molecule has 0 aliphatic heterocycles. The number of esters is 1. The molecule has 0 amide bonds. The molecule has 0 aromatic heterocycles. The van der Waals surface area contributed by atoms with Gasteiger partial charge in [-0.1, -0.05) is 24.9 Å². The van der Waals surface area contributed by atoms with Crippen molar-refractivity contribution in [2.75, 3.05) is 13.2 Å². The van der Waals surface area contributed by atoms with E-state index in [1.807, 2.05) is 6.92 Å². The fourth-order valence-corrected chi connectivity index (χ4v) is 1.49. The van der Waals surface area contributed by atoms with Crippen LogP contribution in [0.25, 0.3) is 0 Å². The van der Waals surface area contributed by atoms with Crippen molar-refractivity contribution in [2.45, 2.75) is 19.8 Å². The monoisotopic (exact) mass is 286 g/mol. The molecular formula is C13H15ClO5. The molecule has 19 heavy (non-hydrogen) atoms. The number of carboxylic acid groups (broad SMARTS) is 1. The first-order valence-electron chi connectivity index (χ1n) is 5.86. The Hall–Kier alpha value is -1.75. The van der Waals surface area contributed by atoms with Gasteiger partial charge in [-0.3, -0.25) is 0 Å². The largest absolute Gasteiger partial charge is 0.480 e. The highest BCUT2D eigenvalue weighted by molar-refractivity contribution is 6.32. The van der Waals surface area contributed by atoms with Gasteiger partial charge in [-0.05, 0) is 24.6 Å². The molecule has 0 saturated carbocycles. The van der Waals surface area contributed by atoms with E-state index in [2.05, 4.69) is 0 Å². The Bertz CT molecular complexity index is 458.